The van der Waals surface area contributed by atoms with Crippen molar-refractivity contribution in [1.29, 1.82) is 0 Å². The Bertz CT molecular complexity index is 918. The number of benzene rings is 2. The lowest BCUT2D eigenvalue weighted by Gasteiger charge is -2.21. The minimum absolute atomic E-state index is 0.0355. The van der Waals surface area contributed by atoms with Gasteiger partial charge in [0.1, 0.15) is 5.75 Å². The Morgan fingerprint density at radius 1 is 1.03 bits per heavy atom. The largest absolute Gasteiger partial charge is 0.513 e. The van der Waals surface area contributed by atoms with Gasteiger partial charge in [0.05, 0.1) is 12.2 Å². The molecule has 0 saturated carbocycles. The Morgan fingerprint density at radius 2 is 1.73 bits per heavy atom. The molecule has 0 heterocycles. The molecule has 0 bridgehead atoms. The zero-order valence-electron chi connectivity index (χ0n) is 18.1. The van der Waals surface area contributed by atoms with Gasteiger partial charge in [-0.3, -0.25) is 0 Å². The van der Waals surface area contributed by atoms with Gasteiger partial charge in [0.15, 0.2) is 0 Å². The first-order valence-electron chi connectivity index (χ1n) is 10.2. The van der Waals surface area contributed by atoms with Crippen molar-refractivity contribution in [3.63, 3.8) is 0 Å². The molecule has 0 unspecified atom stereocenters. The number of halogens is 1. The van der Waals surface area contributed by atoms with Crippen molar-refractivity contribution >= 4 is 23.7 Å². The lowest BCUT2D eigenvalue weighted by atomic mass is 9.88. The first kappa shape index (κ1) is 23.7. The van der Waals surface area contributed by atoms with Crippen molar-refractivity contribution in [2.75, 3.05) is 6.61 Å². The Kier molecular flexibility index (Phi) is 8.30. The number of carboxylic acids is 1. The fourth-order valence-corrected chi connectivity index (χ4v) is 3.26. The van der Waals surface area contributed by atoms with Crippen molar-refractivity contribution in [2.24, 2.45) is 0 Å². The molecule has 2 aromatic rings. The molecule has 0 spiro atoms. The smallest absolute Gasteiger partial charge is 0.478 e. The van der Waals surface area contributed by atoms with E-state index in [1.807, 2.05) is 32.9 Å². The molecule has 2 aromatic carbocycles. The minimum Gasteiger partial charge on any atom is -0.478 e. The molecule has 0 radical (unpaired) electrons. The molecule has 0 amide bonds. The molecule has 1 N–H and O–H groups in total. The summed E-state index contributed by atoms with van der Waals surface area (Å²) in [5, 5.41) is 10.1. The van der Waals surface area contributed by atoms with Gasteiger partial charge in [-0.2, -0.15) is 0 Å². The second-order valence-electron chi connectivity index (χ2n) is 7.85. The monoisotopic (exact) mass is 432 g/mol. The maximum atomic E-state index is 12.4. The van der Waals surface area contributed by atoms with Crippen molar-refractivity contribution in [1.82, 2.24) is 0 Å². The topological polar surface area (TPSA) is 72.8 Å². The van der Waals surface area contributed by atoms with Crippen LogP contribution in [0.4, 0.5) is 4.79 Å². The Balaban J connectivity index is 2.72. The summed E-state index contributed by atoms with van der Waals surface area (Å²) in [6, 6.07) is 8.44. The molecule has 0 aliphatic rings. The molecule has 0 aliphatic carbocycles. The first-order valence-corrected chi connectivity index (χ1v) is 10.6. The third-order valence-corrected chi connectivity index (χ3v) is 5.07. The third kappa shape index (κ3) is 5.76. The number of unbranched alkanes of at least 4 members (excludes halogenated alkanes) is 1. The summed E-state index contributed by atoms with van der Waals surface area (Å²) in [7, 11) is 0. The van der Waals surface area contributed by atoms with Crippen LogP contribution in [-0.2, 0) is 4.74 Å². The van der Waals surface area contributed by atoms with E-state index < -0.39 is 12.1 Å². The van der Waals surface area contributed by atoms with Gasteiger partial charge in [-0.1, -0.05) is 58.7 Å². The highest BCUT2D eigenvalue weighted by atomic mass is 35.5. The van der Waals surface area contributed by atoms with E-state index in [9.17, 15) is 14.7 Å². The third-order valence-electron chi connectivity index (χ3n) is 4.83. The van der Waals surface area contributed by atoms with Crippen molar-refractivity contribution in [2.45, 2.75) is 59.3 Å². The van der Waals surface area contributed by atoms with Crippen LogP contribution in [0.25, 0.3) is 11.1 Å². The van der Waals surface area contributed by atoms with Crippen LogP contribution in [0.1, 0.15) is 80.8 Å². The van der Waals surface area contributed by atoms with Crippen LogP contribution >= 0.6 is 11.6 Å². The molecular formula is C24H29ClO5. The van der Waals surface area contributed by atoms with E-state index >= 15 is 0 Å². The van der Waals surface area contributed by atoms with Gasteiger partial charge in [-0.25, -0.2) is 9.59 Å². The average Bonchev–Trinajstić information content (AvgIpc) is 2.67. The molecule has 162 valence electrons. The van der Waals surface area contributed by atoms with E-state index in [1.165, 1.54) is 12.1 Å². The van der Waals surface area contributed by atoms with Gasteiger partial charge >= 0.3 is 12.1 Å². The number of carbonyl (C=O) groups excluding carboxylic acids is 1. The summed E-state index contributed by atoms with van der Waals surface area (Å²) in [5.74, 6) is -0.549. The summed E-state index contributed by atoms with van der Waals surface area (Å²) in [6.07, 6.45) is 0.828. The van der Waals surface area contributed by atoms with Gasteiger partial charge in [-0.15, -0.1) is 0 Å². The van der Waals surface area contributed by atoms with Crippen LogP contribution in [0.15, 0.2) is 30.3 Å². The quantitative estimate of drug-likeness (QED) is 0.270. The number of rotatable bonds is 8. The summed E-state index contributed by atoms with van der Waals surface area (Å²) in [6.45, 7) is 10.4. The maximum absolute atomic E-state index is 12.4. The highest BCUT2D eigenvalue weighted by molar-refractivity contribution is 6.31. The second-order valence-corrected chi connectivity index (χ2v) is 8.28. The maximum Gasteiger partial charge on any atom is 0.513 e. The highest BCUT2D eigenvalue weighted by Gasteiger charge is 2.24. The fraction of sp³-hybridized carbons (Fsp3) is 0.417. The second kappa shape index (κ2) is 10.5. The van der Waals surface area contributed by atoms with E-state index in [1.54, 1.807) is 6.07 Å². The Labute approximate surface area is 183 Å². The van der Waals surface area contributed by atoms with E-state index in [0.29, 0.717) is 21.9 Å². The number of hydrogen-bond acceptors (Lipinski definition) is 4. The lowest BCUT2D eigenvalue weighted by molar-refractivity contribution is 0.0697. The van der Waals surface area contributed by atoms with Gasteiger partial charge in [0, 0.05) is 16.1 Å². The van der Waals surface area contributed by atoms with Crippen LogP contribution in [0.5, 0.6) is 5.75 Å². The number of hydrogen-bond donors (Lipinski definition) is 1. The Morgan fingerprint density at radius 3 is 2.30 bits per heavy atom. The SMILES string of the molecule is CCCCOC(=O)Oc1c(-c2cc(Cl)ccc2C(=O)O)cc(C(C)C)cc1C(C)C. The van der Waals surface area contributed by atoms with Gasteiger partial charge < -0.3 is 14.6 Å². The average molecular weight is 433 g/mol. The highest BCUT2D eigenvalue weighted by Crippen LogP contribution is 2.42. The van der Waals surface area contributed by atoms with E-state index in [-0.39, 0.29) is 24.0 Å². The molecule has 0 aliphatic heterocycles. The molecule has 6 heteroatoms. The predicted octanol–water partition coefficient (Wildman–Crippen LogP) is 7.27. The lowest BCUT2D eigenvalue weighted by Crippen LogP contribution is -2.14. The van der Waals surface area contributed by atoms with Crippen LogP contribution < -0.4 is 4.74 Å². The summed E-state index contributed by atoms with van der Waals surface area (Å²) in [4.78, 5) is 24.2. The minimum atomic E-state index is -1.08. The molecule has 0 aromatic heterocycles. The van der Waals surface area contributed by atoms with E-state index in [0.717, 1.165) is 24.0 Å². The predicted molar refractivity (Wildman–Crippen MR) is 119 cm³/mol. The molecule has 5 nitrogen and oxygen atoms in total. The molecule has 30 heavy (non-hydrogen) atoms. The van der Waals surface area contributed by atoms with Crippen LogP contribution in [-0.4, -0.2) is 23.8 Å². The normalized spacial score (nSPS) is 11.1. The summed E-state index contributed by atoms with van der Waals surface area (Å²) >= 11 is 6.19. The first-order chi connectivity index (χ1) is 14.1. The number of carboxylic acid groups (broad SMARTS) is 1. The van der Waals surface area contributed by atoms with Crippen LogP contribution in [0, 0.1) is 0 Å². The van der Waals surface area contributed by atoms with E-state index in [4.69, 9.17) is 21.1 Å². The van der Waals surface area contributed by atoms with Crippen molar-refractivity contribution in [3.8, 4) is 16.9 Å². The number of ether oxygens (including phenoxy) is 2. The van der Waals surface area contributed by atoms with Gasteiger partial charge in [0.25, 0.3) is 0 Å². The number of carbonyl (C=O) groups is 2. The molecular weight excluding hydrogens is 404 g/mol. The van der Waals surface area contributed by atoms with Crippen LogP contribution in [0.3, 0.4) is 0 Å². The number of aromatic carboxylic acids is 1. The summed E-state index contributed by atoms with van der Waals surface area (Å²) < 4.78 is 10.8. The molecule has 0 saturated heterocycles. The fourth-order valence-electron chi connectivity index (χ4n) is 3.09. The van der Waals surface area contributed by atoms with Crippen molar-refractivity contribution in [3.05, 3.63) is 52.0 Å². The molecule has 2 rings (SSSR count). The van der Waals surface area contributed by atoms with Gasteiger partial charge in [-0.05, 0) is 53.6 Å². The van der Waals surface area contributed by atoms with E-state index in [2.05, 4.69) is 13.8 Å². The molecule has 0 fully saturated rings. The Hall–Kier alpha value is -2.53. The van der Waals surface area contributed by atoms with Crippen LogP contribution in [0.2, 0.25) is 5.02 Å². The zero-order valence-corrected chi connectivity index (χ0v) is 18.9. The zero-order chi connectivity index (χ0) is 22.4. The standard InChI is InChI=1S/C24H29ClO5/c1-6-7-10-29-24(28)30-22-19(15(4)5)11-16(14(2)3)12-21(22)20-13-17(25)8-9-18(20)23(26)27/h8-9,11-15H,6-7,10H2,1-5H3,(H,26,27). The molecule has 0 atom stereocenters. The van der Waals surface area contributed by atoms with Gasteiger partial charge in [0.2, 0.25) is 0 Å². The summed E-state index contributed by atoms with van der Waals surface area (Å²) in [5.41, 5.74) is 2.81. The van der Waals surface area contributed by atoms with Crippen molar-refractivity contribution < 1.29 is 24.2 Å².